The van der Waals surface area contributed by atoms with Crippen LogP contribution in [0.4, 0.5) is 4.39 Å². The topological polar surface area (TPSA) is 38.3 Å². The van der Waals surface area contributed by atoms with E-state index in [1.807, 2.05) is 0 Å². The Kier molecular flexibility index (Phi) is 6.26. The number of halogens is 1. The summed E-state index contributed by atoms with van der Waals surface area (Å²) in [5.74, 6) is 0.125. The second-order valence-electron chi connectivity index (χ2n) is 5.91. The smallest absolute Gasteiger partial charge is 0.230 e. The number of thioether (sulfide) groups is 1. The van der Waals surface area contributed by atoms with Gasteiger partial charge in [-0.3, -0.25) is 4.79 Å². The van der Waals surface area contributed by atoms with Crippen molar-refractivity contribution in [3.05, 3.63) is 35.6 Å². The highest BCUT2D eigenvalue weighted by molar-refractivity contribution is 8.00. The Hall–Kier alpha value is -1.07. The number of hydrogen-bond acceptors (Lipinski definition) is 3. The van der Waals surface area contributed by atoms with E-state index in [1.165, 1.54) is 38.9 Å². The molecule has 0 bridgehead atoms. The van der Waals surface area contributed by atoms with Crippen molar-refractivity contribution in [1.29, 1.82) is 0 Å². The first-order valence-electron chi connectivity index (χ1n) is 7.73. The van der Waals surface area contributed by atoms with Crippen LogP contribution in [0.3, 0.4) is 0 Å². The van der Waals surface area contributed by atoms with Crippen LogP contribution in [-0.4, -0.2) is 30.6 Å². The summed E-state index contributed by atoms with van der Waals surface area (Å²) in [5.41, 5.74) is -0.403. The Morgan fingerprint density at radius 2 is 2.09 bits per heavy atom. The summed E-state index contributed by atoms with van der Waals surface area (Å²) in [7, 11) is 1.53. The number of nitrogens with one attached hydrogen (secondary N) is 1. The zero-order chi connectivity index (χ0) is 16.0. The van der Waals surface area contributed by atoms with Crippen molar-refractivity contribution in [1.82, 2.24) is 5.32 Å². The third kappa shape index (κ3) is 4.46. The fourth-order valence-electron chi connectivity index (χ4n) is 2.73. The number of amides is 1. The highest BCUT2D eigenvalue weighted by Crippen LogP contribution is 2.29. The second-order valence-corrected chi connectivity index (χ2v) is 7.20. The second kappa shape index (κ2) is 7.97. The van der Waals surface area contributed by atoms with Crippen molar-refractivity contribution < 1.29 is 13.9 Å². The van der Waals surface area contributed by atoms with Crippen LogP contribution >= 0.6 is 11.8 Å². The first kappa shape index (κ1) is 17.3. The molecule has 0 aromatic heterocycles. The maximum absolute atomic E-state index is 14.0. The van der Waals surface area contributed by atoms with Crippen LogP contribution in [0.2, 0.25) is 0 Å². The molecule has 1 amide bonds. The number of carbonyl (C=O) groups excluding carboxylic acids is 1. The molecule has 1 N–H and O–H groups in total. The van der Waals surface area contributed by atoms with Gasteiger partial charge in [-0.1, -0.05) is 31.0 Å². The molecule has 1 saturated carbocycles. The summed E-state index contributed by atoms with van der Waals surface area (Å²) in [6, 6.07) is 6.52. The van der Waals surface area contributed by atoms with E-state index in [9.17, 15) is 9.18 Å². The average molecular weight is 325 g/mol. The number of methoxy groups -OCH3 is 1. The van der Waals surface area contributed by atoms with Crippen molar-refractivity contribution in [2.45, 2.75) is 43.5 Å². The molecule has 0 aliphatic heterocycles. The van der Waals surface area contributed by atoms with Gasteiger partial charge in [0, 0.05) is 17.9 Å². The lowest BCUT2D eigenvalue weighted by molar-refractivity contribution is -0.120. The van der Waals surface area contributed by atoms with Gasteiger partial charge in [0.1, 0.15) is 11.4 Å². The molecule has 3 nitrogen and oxygen atoms in total. The number of ether oxygens (including phenoxy) is 1. The molecule has 1 fully saturated rings. The maximum atomic E-state index is 14.0. The van der Waals surface area contributed by atoms with Crippen LogP contribution in [0.1, 0.15) is 38.2 Å². The van der Waals surface area contributed by atoms with Gasteiger partial charge in [0.2, 0.25) is 5.91 Å². The van der Waals surface area contributed by atoms with Gasteiger partial charge in [-0.05, 0) is 25.8 Å². The van der Waals surface area contributed by atoms with Gasteiger partial charge in [-0.2, -0.15) is 0 Å². The van der Waals surface area contributed by atoms with Gasteiger partial charge in [0.25, 0.3) is 0 Å². The number of carbonyl (C=O) groups is 1. The van der Waals surface area contributed by atoms with E-state index in [1.54, 1.807) is 36.9 Å². The van der Waals surface area contributed by atoms with Crippen LogP contribution in [0.5, 0.6) is 0 Å². The third-order valence-corrected chi connectivity index (χ3v) is 5.64. The van der Waals surface area contributed by atoms with Gasteiger partial charge in [-0.25, -0.2) is 4.39 Å². The summed E-state index contributed by atoms with van der Waals surface area (Å²) in [4.78, 5) is 12.0. The van der Waals surface area contributed by atoms with Crippen LogP contribution in [0.25, 0.3) is 0 Å². The molecule has 2 rings (SSSR count). The van der Waals surface area contributed by atoms with Gasteiger partial charge in [-0.15, -0.1) is 11.8 Å². The molecule has 1 aromatic rings. The Bertz CT molecular complexity index is 505. The molecular formula is C17H24FNO2S. The van der Waals surface area contributed by atoms with Crippen LogP contribution in [0.15, 0.2) is 24.3 Å². The zero-order valence-electron chi connectivity index (χ0n) is 13.2. The Balaban J connectivity index is 1.87. The quantitative estimate of drug-likeness (QED) is 0.834. The summed E-state index contributed by atoms with van der Waals surface area (Å²) in [6.07, 6.45) is 4.97. The van der Waals surface area contributed by atoms with Crippen molar-refractivity contribution in [3.8, 4) is 0 Å². The van der Waals surface area contributed by atoms with E-state index >= 15 is 0 Å². The molecule has 0 unspecified atom stereocenters. The summed E-state index contributed by atoms with van der Waals surface area (Å²) < 4.78 is 19.4. The minimum atomic E-state index is -0.862. The molecule has 1 aliphatic rings. The predicted molar refractivity (Wildman–Crippen MR) is 88.5 cm³/mol. The van der Waals surface area contributed by atoms with E-state index < -0.39 is 5.60 Å². The molecule has 22 heavy (non-hydrogen) atoms. The van der Waals surface area contributed by atoms with E-state index in [-0.39, 0.29) is 18.3 Å². The van der Waals surface area contributed by atoms with Crippen molar-refractivity contribution in [2.75, 3.05) is 19.4 Å². The molecule has 1 atom stereocenters. The molecule has 0 heterocycles. The molecule has 5 heteroatoms. The van der Waals surface area contributed by atoms with E-state index in [4.69, 9.17) is 4.74 Å². The van der Waals surface area contributed by atoms with E-state index in [0.29, 0.717) is 16.6 Å². The fourth-order valence-corrected chi connectivity index (χ4v) is 3.89. The normalized spacial score (nSPS) is 18.1. The zero-order valence-corrected chi connectivity index (χ0v) is 14.0. The molecule has 1 aliphatic carbocycles. The summed E-state index contributed by atoms with van der Waals surface area (Å²) >= 11 is 1.72. The first-order chi connectivity index (χ1) is 10.5. The Labute approximate surface area is 136 Å². The molecule has 0 spiro atoms. The molecule has 122 valence electrons. The van der Waals surface area contributed by atoms with Crippen molar-refractivity contribution in [2.24, 2.45) is 0 Å². The lowest BCUT2D eigenvalue weighted by Gasteiger charge is -2.29. The molecule has 1 aromatic carbocycles. The molecule has 0 saturated heterocycles. The lowest BCUT2D eigenvalue weighted by atomic mass is 9.95. The first-order valence-corrected chi connectivity index (χ1v) is 8.78. The van der Waals surface area contributed by atoms with Gasteiger partial charge < -0.3 is 10.1 Å². The largest absolute Gasteiger partial charge is 0.372 e. The van der Waals surface area contributed by atoms with Gasteiger partial charge in [0.05, 0.1) is 12.3 Å². The fraction of sp³-hybridized carbons (Fsp3) is 0.588. The highest BCUT2D eigenvalue weighted by Gasteiger charge is 2.29. The minimum absolute atomic E-state index is 0.0171. The molecular weight excluding hydrogens is 301 g/mol. The maximum Gasteiger partial charge on any atom is 0.230 e. The van der Waals surface area contributed by atoms with Gasteiger partial charge >= 0.3 is 0 Å². The standard InChI is InChI=1S/C17H24FNO2S/c1-17(21-2,14-9-5-6-10-15(14)18)12-19-16(20)11-22-13-7-3-4-8-13/h5-6,9-10,13H,3-4,7-8,11-12H2,1-2H3,(H,19,20)/t17-/m1/s1. The third-order valence-electron chi connectivity index (χ3n) is 4.27. The average Bonchev–Trinajstić information content (AvgIpc) is 3.04. The summed E-state index contributed by atoms with van der Waals surface area (Å²) in [6.45, 7) is 2.05. The number of rotatable bonds is 7. The van der Waals surface area contributed by atoms with E-state index in [0.717, 1.165) is 0 Å². The SMILES string of the molecule is CO[C@](C)(CNC(=O)CSC1CCCC1)c1ccccc1F. The number of benzene rings is 1. The Morgan fingerprint density at radius 1 is 1.41 bits per heavy atom. The van der Waals surface area contributed by atoms with E-state index in [2.05, 4.69) is 5.32 Å². The monoisotopic (exact) mass is 325 g/mol. The van der Waals surface area contributed by atoms with Crippen molar-refractivity contribution >= 4 is 17.7 Å². The van der Waals surface area contributed by atoms with Crippen LogP contribution in [0, 0.1) is 5.82 Å². The summed E-state index contributed by atoms with van der Waals surface area (Å²) in [5, 5.41) is 3.49. The predicted octanol–water partition coefficient (Wildman–Crippen LogP) is 3.48. The Morgan fingerprint density at radius 3 is 2.73 bits per heavy atom. The van der Waals surface area contributed by atoms with Gasteiger partial charge in [0.15, 0.2) is 0 Å². The van der Waals surface area contributed by atoms with Crippen LogP contribution in [-0.2, 0) is 15.1 Å². The highest BCUT2D eigenvalue weighted by atomic mass is 32.2. The number of hydrogen-bond donors (Lipinski definition) is 1. The lowest BCUT2D eigenvalue weighted by Crippen LogP contribution is -2.41. The molecule has 0 radical (unpaired) electrons. The van der Waals surface area contributed by atoms with Crippen LogP contribution < -0.4 is 5.32 Å². The van der Waals surface area contributed by atoms with Crippen molar-refractivity contribution in [3.63, 3.8) is 0 Å². The minimum Gasteiger partial charge on any atom is -0.372 e.